The molecule has 1 aliphatic rings. The smallest absolute Gasteiger partial charge is 0.168 e. The number of ketones is 1. The highest BCUT2D eigenvalue weighted by Crippen LogP contribution is 2.39. The number of carbonyl (C=O) groups is 1. The fraction of sp³-hybridized carbons (Fsp3) is 0.125. The molecule has 0 saturated carbocycles. The van der Waals surface area contributed by atoms with Crippen LogP contribution in [0.3, 0.4) is 0 Å². The Balaban J connectivity index is 1.71. The molecule has 3 heteroatoms. The molecule has 3 aromatic carbocycles. The summed E-state index contributed by atoms with van der Waals surface area (Å²) in [4.78, 5) is 13.1. The van der Waals surface area contributed by atoms with E-state index in [-0.39, 0.29) is 5.78 Å². The van der Waals surface area contributed by atoms with Crippen molar-refractivity contribution < 1.29 is 4.79 Å². The number of aromatic nitrogens is 1. The summed E-state index contributed by atoms with van der Waals surface area (Å²) in [5.41, 5.74) is 6.65. The summed E-state index contributed by atoms with van der Waals surface area (Å²) in [5.74, 6) is 0.0582. The summed E-state index contributed by atoms with van der Waals surface area (Å²) in [6.45, 7) is 0.938. The molecular formula is C24H18ClNO. The monoisotopic (exact) mass is 371 g/mol. The largest absolute Gasteiger partial charge is 0.340 e. The van der Waals surface area contributed by atoms with Crippen molar-refractivity contribution in [2.24, 2.45) is 0 Å². The van der Waals surface area contributed by atoms with Gasteiger partial charge >= 0.3 is 0 Å². The van der Waals surface area contributed by atoms with E-state index in [1.54, 1.807) is 6.07 Å². The normalized spacial score (nSPS) is 12.6. The van der Waals surface area contributed by atoms with Crippen molar-refractivity contribution in [3.05, 3.63) is 94.5 Å². The average Bonchev–Trinajstić information content (AvgIpc) is 3.02. The molecule has 1 aromatic heterocycles. The average molecular weight is 372 g/mol. The van der Waals surface area contributed by atoms with Crippen molar-refractivity contribution >= 4 is 28.3 Å². The predicted octanol–water partition coefficient (Wildman–Crippen LogP) is 5.94. The van der Waals surface area contributed by atoms with E-state index in [0.29, 0.717) is 17.0 Å². The third kappa shape index (κ3) is 2.60. The van der Waals surface area contributed by atoms with Crippen LogP contribution in [0.25, 0.3) is 22.2 Å². The second-order valence-corrected chi connectivity index (χ2v) is 7.39. The van der Waals surface area contributed by atoms with Gasteiger partial charge in [0.15, 0.2) is 5.78 Å². The molecule has 0 bridgehead atoms. The minimum Gasteiger partial charge on any atom is -0.340 e. The minimum atomic E-state index is 0.0582. The molecule has 2 heterocycles. The van der Waals surface area contributed by atoms with Gasteiger partial charge in [-0.1, -0.05) is 66.2 Å². The fourth-order valence-electron chi connectivity index (χ4n) is 4.24. The molecule has 0 N–H and O–H groups in total. The molecule has 132 valence electrons. The third-order valence-corrected chi connectivity index (χ3v) is 5.79. The van der Waals surface area contributed by atoms with Gasteiger partial charge in [0, 0.05) is 35.0 Å². The quantitative estimate of drug-likeness (QED) is 0.408. The maximum absolute atomic E-state index is 13.1. The van der Waals surface area contributed by atoms with Gasteiger partial charge in [0.2, 0.25) is 0 Å². The second-order valence-electron chi connectivity index (χ2n) is 6.98. The van der Waals surface area contributed by atoms with E-state index in [9.17, 15) is 4.79 Å². The molecule has 5 rings (SSSR count). The van der Waals surface area contributed by atoms with Gasteiger partial charge in [-0.15, -0.1) is 0 Å². The lowest BCUT2D eigenvalue weighted by Gasteiger charge is -2.21. The summed E-state index contributed by atoms with van der Waals surface area (Å²) in [6, 6.07) is 24.2. The van der Waals surface area contributed by atoms with Crippen molar-refractivity contribution in [2.75, 3.05) is 0 Å². The highest BCUT2D eigenvalue weighted by molar-refractivity contribution is 6.34. The van der Waals surface area contributed by atoms with E-state index < -0.39 is 0 Å². The van der Waals surface area contributed by atoms with Gasteiger partial charge in [0.05, 0.1) is 10.7 Å². The van der Waals surface area contributed by atoms with E-state index >= 15 is 0 Å². The zero-order valence-electron chi connectivity index (χ0n) is 14.8. The Kier molecular flexibility index (Phi) is 3.87. The van der Waals surface area contributed by atoms with Crippen molar-refractivity contribution in [1.29, 1.82) is 0 Å². The molecule has 0 saturated heterocycles. The van der Waals surface area contributed by atoms with Gasteiger partial charge in [-0.2, -0.15) is 0 Å². The Hall–Kier alpha value is -2.84. The number of hydrogen-bond acceptors (Lipinski definition) is 1. The second kappa shape index (κ2) is 6.40. The highest BCUT2D eigenvalue weighted by atomic mass is 35.5. The summed E-state index contributed by atoms with van der Waals surface area (Å²) in [7, 11) is 0. The van der Waals surface area contributed by atoms with Gasteiger partial charge in [0.1, 0.15) is 0 Å². The number of benzene rings is 3. The first kappa shape index (κ1) is 16.3. The van der Waals surface area contributed by atoms with Crippen LogP contribution in [0.5, 0.6) is 0 Å². The van der Waals surface area contributed by atoms with Crippen molar-refractivity contribution in [1.82, 2.24) is 4.57 Å². The fourth-order valence-corrected chi connectivity index (χ4v) is 4.48. The first-order valence-corrected chi connectivity index (χ1v) is 9.58. The standard InChI is InChI=1S/C24H18ClNO/c25-21-11-5-3-10-19(21)23(27)15-20-18-9-4-6-12-22(18)26-14-13-16-7-1-2-8-17(16)24(20)26/h1-12H,13-15H2. The number of Topliss-reactive ketones (excluding diaryl/α,β-unsaturated/α-hetero) is 1. The van der Waals surface area contributed by atoms with Gasteiger partial charge in [-0.25, -0.2) is 0 Å². The lowest BCUT2D eigenvalue weighted by Crippen LogP contribution is -2.12. The molecule has 2 nitrogen and oxygen atoms in total. The maximum Gasteiger partial charge on any atom is 0.168 e. The zero-order valence-corrected chi connectivity index (χ0v) is 15.5. The molecule has 0 fully saturated rings. The third-order valence-electron chi connectivity index (χ3n) is 5.46. The van der Waals surface area contributed by atoms with E-state index in [4.69, 9.17) is 11.6 Å². The highest BCUT2D eigenvalue weighted by Gasteiger charge is 2.25. The molecule has 0 amide bonds. The van der Waals surface area contributed by atoms with Gasteiger partial charge < -0.3 is 4.57 Å². The first-order valence-electron chi connectivity index (χ1n) is 9.20. The Labute approximate surface area is 163 Å². The maximum atomic E-state index is 13.1. The molecule has 0 unspecified atom stereocenters. The number of aryl methyl sites for hydroxylation is 2. The number of rotatable bonds is 3. The Morgan fingerprint density at radius 3 is 2.56 bits per heavy atom. The van der Waals surface area contributed by atoms with Crippen molar-refractivity contribution in [2.45, 2.75) is 19.4 Å². The number of nitrogens with zero attached hydrogens (tertiary/aromatic N) is 1. The van der Waals surface area contributed by atoms with Crippen LogP contribution in [-0.4, -0.2) is 10.4 Å². The van der Waals surface area contributed by atoms with E-state index in [2.05, 4.69) is 47.0 Å². The SMILES string of the molecule is O=C(Cc1c2n(c3ccccc13)CCc1ccccc1-2)c1ccccc1Cl. The summed E-state index contributed by atoms with van der Waals surface area (Å²) < 4.78 is 2.37. The van der Waals surface area contributed by atoms with Gasteiger partial charge in [-0.3, -0.25) is 4.79 Å². The zero-order chi connectivity index (χ0) is 18.4. The van der Waals surface area contributed by atoms with Gasteiger partial charge in [-0.05, 0) is 35.7 Å². The molecule has 27 heavy (non-hydrogen) atoms. The number of fused-ring (bicyclic) bond motifs is 5. The van der Waals surface area contributed by atoms with Crippen LogP contribution in [0.1, 0.15) is 21.5 Å². The van der Waals surface area contributed by atoms with E-state index in [1.165, 1.54) is 22.3 Å². The molecule has 0 radical (unpaired) electrons. The molecule has 0 spiro atoms. The Morgan fingerprint density at radius 2 is 1.67 bits per heavy atom. The summed E-state index contributed by atoms with van der Waals surface area (Å²) in [6.07, 6.45) is 1.36. The van der Waals surface area contributed by atoms with Crippen LogP contribution in [0.15, 0.2) is 72.8 Å². The van der Waals surface area contributed by atoms with Crippen LogP contribution in [0.2, 0.25) is 5.02 Å². The summed E-state index contributed by atoms with van der Waals surface area (Å²) >= 11 is 6.28. The van der Waals surface area contributed by atoms with E-state index in [1.807, 2.05) is 24.3 Å². The number of carbonyl (C=O) groups excluding carboxylic acids is 1. The lowest BCUT2D eigenvalue weighted by molar-refractivity contribution is 0.0993. The van der Waals surface area contributed by atoms with Crippen LogP contribution >= 0.6 is 11.6 Å². The topological polar surface area (TPSA) is 22.0 Å². The Bertz CT molecular complexity index is 1190. The van der Waals surface area contributed by atoms with Crippen LogP contribution in [-0.2, 0) is 19.4 Å². The number of hydrogen-bond donors (Lipinski definition) is 0. The Morgan fingerprint density at radius 1 is 0.926 bits per heavy atom. The number of para-hydroxylation sites is 1. The van der Waals surface area contributed by atoms with Crippen LogP contribution < -0.4 is 0 Å². The van der Waals surface area contributed by atoms with Crippen molar-refractivity contribution in [3.63, 3.8) is 0 Å². The molecule has 0 aliphatic carbocycles. The van der Waals surface area contributed by atoms with Crippen molar-refractivity contribution in [3.8, 4) is 11.3 Å². The minimum absolute atomic E-state index is 0.0582. The summed E-state index contributed by atoms with van der Waals surface area (Å²) in [5, 5.41) is 1.67. The lowest BCUT2D eigenvalue weighted by atomic mass is 9.93. The van der Waals surface area contributed by atoms with Crippen LogP contribution in [0.4, 0.5) is 0 Å². The molecule has 1 aliphatic heterocycles. The van der Waals surface area contributed by atoms with Gasteiger partial charge in [0.25, 0.3) is 0 Å². The first-order chi connectivity index (χ1) is 13.2. The predicted molar refractivity (Wildman–Crippen MR) is 111 cm³/mol. The number of halogens is 1. The van der Waals surface area contributed by atoms with Crippen LogP contribution in [0, 0.1) is 0 Å². The van der Waals surface area contributed by atoms with E-state index in [0.717, 1.165) is 23.9 Å². The molecule has 0 atom stereocenters. The molecular weight excluding hydrogens is 354 g/mol. The molecule has 4 aromatic rings.